The van der Waals surface area contributed by atoms with Gasteiger partial charge in [-0.3, -0.25) is 4.79 Å². The summed E-state index contributed by atoms with van der Waals surface area (Å²) in [7, 11) is 0. The van der Waals surface area contributed by atoms with Gasteiger partial charge in [0.1, 0.15) is 10.8 Å². The normalized spacial score (nSPS) is 11.2. The number of rotatable bonds is 3. The molecule has 0 radical (unpaired) electrons. The van der Waals surface area contributed by atoms with Gasteiger partial charge in [0.25, 0.3) is 5.91 Å². The summed E-state index contributed by atoms with van der Waals surface area (Å²) < 4.78 is 38.4. The molecule has 0 bridgehead atoms. The van der Waals surface area contributed by atoms with Crippen LogP contribution in [0.4, 0.5) is 13.2 Å². The first-order valence-electron chi connectivity index (χ1n) is 5.94. The highest BCUT2D eigenvalue weighted by Crippen LogP contribution is 2.31. The molecule has 0 aliphatic heterocycles. The van der Waals surface area contributed by atoms with E-state index in [0.29, 0.717) is 0 Å². The molecule has 0 aliphatic rings. The molecule has 1 aromatic carbocycles. The van der Waals surface area contributed by atoms with E-state index in [9.17, 15) is 18.0 Å². The summed E-state index contributed by atoms with van der Waals surface area (Å²) >= 11 is 5.65. The van der Waals surface area contributed by atoms with Gasteiger partial charge in [0, 0.05) is 6.54 Å². The molecule has 0 unspecified atom stereocenters. The molecule has 0 aliphatic carbocycles. The maximum absolute atomic E-state index is 12.8. The Morgan fingerprint density at radius 2 is 1.86 bits per heavy atom. The molecule has 1 aromatic heterocycles. The summed E-state index contributed by atoms with van der Waals surface area (Å²) in [6, 6.07) is 9.52. The molecule has 0 fully saturated rings. The first-order chi connectivity index (χ1) is 9.88. The molecule has 1 N–H and O–H groups in total. The lowest BCUT2D eigenvalue weighted by Crippen LogP contribution is -2.25. The van der Waals surface area contributed by atoms with Crippen LogP contribution in [-0.2, 0) is 12.7 Å². The molecule has 1 amide bonds. The number of hydrogen-bond acceptors (Lipinski definition) is 2. The van der Waals surface area contributed by atoms with Crippen molar-refractivity contribution in [3.63, 3.8) is 0 Å². The molecule has 7 heteroatoms. The zero-order valence-electron chi connectivity index (χ0n) is 10.6. The lowest BCUT2D eigenvalue weighted by Gasteiger charge is -2.13. The number of amides is 1. The van der Waals surface area contributed by atoms with E-state index < -0.39 is 17.6 Å². The van der Waals surface area contributed by atoms with E-state index >= 15 is 0 Å². The Balaban J connectivity index is 2.12. The van der Waals surface area contributed by atoms with Gasteiger partial charge in [-0.2, -0.15) is 13.2 Å². The fourth-order valence-electron chi connectivity index (χ4n) is 1.75. The van der Waals surface area contributed by atoms with Gasteiger partial charge in [0.05, 0.1) is 5.56 Å². The summed E-state index contributed by atoms with van der Waals surface area (Å²) in [5, 5.41) is 2.53. The van der Waals surface area contributed by atoms with Crippen molar-refractivity contribution in [3.05, 3.63) is 64.4 Å². The first kappa shape index (κ1) is 15.3. The number of carbonyl (C=O) groups is 1. The molecule has 0 saturated carbocycles. The van der Waals surface area contributed by atoms with E-state index in [4.69, 9.17) is 11.6 Å². The molecule has 0 saturated heterocycles. The van der Waals surface area contributed by atoms with Gasteiger partial charge in [-0.25, -0.2) is 4.98 Å². The minimum absolute atomic E-state index is 0.0135. The van der Waals surface area contributed by atoms with Crippen molar-refractivity contribution in [1.82, 2.24) is 10.3 Å². The van der Waals surface area contributed by atoms with E-state index in [-0.39, 0.29) is 23.0 Å². The molecule has 110 valence electrons. The molecular weight excluding hydrogens is 305 g/mol. The number of benzene rings is 1. The second-order valence-electron chi connectivity index (χ2n) is 4.18. The molecule has 0 atom stereocenters. The Hall–Kier alpha value is -2.08. The van der Waals surface area contributed by atoms with Crippen molar-refractivity contribution in [1.29, 1.82) is 0 Å². The zero-order chi connectivity index (χ0) is 15.5. The molecule has 2 aromatic rings. The summed E-state index contributed by atoms with van der Waals surface area (Å²) in [5.74, 6) is -0.588. The summed E-state index contributed by atoms with van der Waals surface area (Å²) in [4.78, 5) is 15.6. The number of halogens is 4. The highest BCUT2D eigenvalue weighted by Gasteiger charge is 2.32. The van der Waals surface area contributed by atoms with Gasteiger partial charge in [-0.05, 0) is 23.8 Å². The highest BCUT2D eigenvalue weighted by molar-refractivity contribution is 6.29. The SMILES string of the molecule is O=C(NCc1ccccc1C(F)(F)F)c1cccc(Cl)n1. The Kier molecular flexibility index (Phi) is 4.47. The number of aromatic nitrogens is 1. The van der Waals surface area contributed by atoms with Crippen molar-refractivity contribution in [2.24, 2.45) is 0 Å². The van der Waals surface area contributed by atoms with Crippen molar-refractivity contribution in [3.8, 4) is 0 Å². The zero-order valence-corrected chi connectivity index (χ0v) is 11.4. The lowest BCUT2D eigenvalue weighted by molar-refractivity contribution is -0.138. The highest BCUT2D eigenvalue weighted by atomic mass is 35.5. The largest absolute Gasteiger partial charge is 0.416 e. The average molecular weight is 315 g/mol. The third-order valence-corrected chi connectivity index (χ3v) is 2.92. The first-order valence-corrected chi connectivity index (χ1v) is 6.31. The van der Waals surface area contributed by atoms with E-state index in [0.717, 1.165) is 6.07 Å². The fourth-order valence-corrected chi connectivity index (χ4v) is 1.92. The van der Waals surface area contributed by atoms with Crippen LogP contribution in [-0.4, -0.2) is 10.9 Å². The van der Waals surface area contributed by atoms with Gasteiger partial charge in [-0.15, -0.1) is 0 Å². The number of alkyl halides is 3. The minimum Gasteiger partial charge on any atom is -0.347 e. The maximum Gasteiger partial charge on any atom is 0.416 e. The maximum atomic E-state index is 12.8. The van der Waals surface area contributed by atoms with Gasteiger partial charge in [-0.1, -0.05) is 35.9 Å². The van der Waals surface area contributed by atoms with Crippen LogP contribution in [0.1, 0.15) is 21.6 Å². The fraction of sp³-hybridized carbons (Fsp3) is 0.143. The van der Waals surface area contributed by atoms with Gasteiger partial charge >= 0.3 is 6.18 Å². The second-order valence-corrected chi connectivity index (χ2v) is 4.57. The van der Waals surface area contributed by atoms with Crippen LogP contribution in [0.3, 0.4) is 0 Å². The third-order valence-electron chi connectivity index (χ3n) is 2.71. The monoisotopic (exact) mass is 314 g/mol. The smallest absolute Gasteiger partial charge is 0.347 e. The number of nitrogens with one attached hydrogen (secondary N) is 1. The molecule has 3 nitrogen and oxygen atoms in total. The summed E-state index contributed by atoms with van der Waals surface area (Å²) in [6.07, 6.45) is -4.46. The van der Waals surface area contributed by atoms with Crippen molar-refractivity contribution in [2.75, 3.05) is 0 Å². The van der Waals surface area contributed by atoms with Crippen LogP contribution in [0.5, 0.6) is 0 Å². The predicted molar refractivity (Wildman–Crippen MR) is 71.9 cm³/mol. The van der Waals surface area contributed by atoms with E-state index in [1.807, 2.05) is 0 Å². The number of pyridine rings is 1. The molecular formula is C14H10ClF3N2O. The Labute approximate surface area is 123 Å². The van der Waals surface area contributed by atoms with Crippen LogP contribution in [0.2, 0.25) is 5.15 Å². The van der Waals surface area contributed by atoms with Crippen molar-refractivity contribution in [2.45, 2.75) is 12.7 Å². The number of carbonyl (C=O) groups excluding carboxylic acids is 1. The van der Waals surface area contributed by atoms with Gasteiger partial charge in [0.2, 0.25) is 0 Å². The van der Waals surface area contributed by atoms with E-state index in [1.165, 1.54) is 36.4 Å². The molecule has 1 heterocycles. The minimum atomic E-state index is -4.46. The third kappa shape index (κ3) is 3.95. The van der Waals surface area contributed by atoms with E-state index in [2.05, 4.69) is 10.3 Å². The van der Waals surface area contributed by atoms with Crippen molar-refractivity contribution >= 4 is 17.5 Å². The van der Waals surface area contributed by atoms with Crippen LogP contribution < -0.4 is 5.32 Å². The number of nitrogens with zero attached hydrogens (tertiary/aromatic N) is 1. The Morgan fingerprint density at radius 3 is 2.52 bits per heavy atom. The van der Waals surface area contributed by atoms with E-state index in [1.54, 1.807) is 0 Å². The second kappa shape index (κ2) is 6.13. The van der Waals surface area contributed by atoms with Gasteiger partial charge < -0.3 is 5.32 Å². The summed E-state index contributed by atoms with van der Waals surface area (Å²) in [6.45, 7) is -0.247. The van der Waals surface area contributed by atoms with Crippen LogP contribution in [0.15, 0.2) is 42.5 Å². The Morgan fingerprint density at radius 1 is 1.14 bits per heavy atom. The molecule has 21 heavy (non-hydrogen) atoms. The quantitative estimate of drug-likeness (QED) is 0.878. The Bertz CT molecular complexity index is 659. The van der Waals surface area contributed by atoms with Crippen LogP contribution in [0.25, 0.3) is 0 Å². The molecule has 2 rings (SSSR count). The average Bonchev–Trinajstić information content (AvgIpc) is 2.44. The van der Waals surface area contributed by atoms with Crippen LogP contribution in [0, 0.1) is 0 Å². The van der Waals surface area contributed by atoms with Gasteiger partial charge in [0.15, 0.2) is 0 Å². The predicted octanol–water partition coefficient (Wildman–Crippen LogP) is 3.68. The standard InChI is InChI=1S/C14H10ClF3N2O/c15-12-7-3-6-11(20-12)13(21)19-8-9-4-1-2-5-10(9)14(16,17)18/h1-7H,8H2,(H,19,21). The topological polar surface area (TPSA) is 42.0 Å². The lowest BCUT2D eigenvalue weighted by atomic mass is 10.1. The molecule has 0 spiro atoms. The summed E-state index contributed by atoms with van der Waals surface area (Å²) in [5.41, 5.74) is -0.739. The van der Waals surface area contributed by atoms with Crippen molar-refractivity contribution < 1.29 is 18.0 Å². The number of hydrogen-bond donors (Lipinski definition) is 1. The van der Waals surface area contributed by atoms with Crippen LogP contribution >= 0.6 is 11.6 Å².